The van der Waals surface area contributed by atoms with Crippen LogP contribution in [0.1, 0.15) is 0 Å². The molecule has 0 rings (SSSR count). The first-order valence-electron chi connectivity index (χ1n) is 1.03. The maximum absolute atomic E-state index is 7.72. The van der Waals surface area contributed by atoms with Crippen LogP contribution in [0.2, 0.25) is 0 Å². The molecule has 0 amide bonds. The Kier molecular flexibility index (Phi) is 7.76. The van der Waals surface area contributed by atoms with Crippen LogP contribution in [-0.4, -0.2) is 68.9 Å². The molecular weight excluding hydrogens is 215 g/mol. The molecule has 0 atom stereocenters. The van der Waals surface area contributed by atoms with Crippen LogP contribution in [0.4, 0.5) is 0 Å². The van der Waals surface area contributed by atoms with Crippen molar-refractivity contribution in [3.05, 3.63) is 0 Å². The number of halogens is 1. The zero-order valence-corrected chi connectivity index (χ0v) is 4.38. The van der Waals surface area contributed by atoms with Crippen molar-refractivity contribution in [1.82, 2.24) is 0 Å². The maximum atomic E-state index is 7.72. The molecule has 0 saturated carbocycles. The van der Waals surface area contributed by atoms with E-state index in [1.165, 1.54) is 0 Å². The summed E-state index contributed by atoms with van der Waals surface area (Å²) in [5.74, 6) is 0. The van der Waals surface area contributed by atoms with E-state index in [2.05, 4.69) is 15.8 Å². The van der Waals surface area contributed by atoms with Crippen LogP contribution >= 0.6 is 11.9 Å². The van der Waals surface area contributed by atoms with E-state index in [-0.39, 0.29) is 45.5 Å². The summed E-state index contributed by atoms with van der Waals surface area (Å²) in [5, 5.41) is 0. The van der Waals surface area contributed by atoms with Crippen LogP contribution in [0, 0.1) is 0 Å². The van der Waals surface area contributed by atoms with Gasteiger partial charge >= 0.3 is 54.5 Å². The first-order chi connectivity index (χ1) is 2.56. The third-order valence-electron chi connectivity index (χ3n) is 0.104. The van der Waals surface area contributed by atoms with Crippen LogP contribution in [0.15, 0.2) is 0 Å². The Balaban J connectivity index is 0. The molecule has 7 heteroatoms. The van der Waals surface area contributed by atoms with Gasteiger partial charge in [0, 0.05) is 0 Å². The van der Waals surface area contributed by atoms with Crippen LogP contribution in [-0.2, 0) is 3.98 Å². The summed E-state index contributed by atoms with van der Waals surface area (Å²) in [7, 11) is -4.37. The van der Waals surface area contributed by atoms with Gasteiger partial charge in [-0.25, -0.2) is 3.98 Å². The first kappa shape index (κ1) is 11.6. The zero-order valence-electron chi connectivity index (χ0n) is 2.63. The normalized spacial score (nSPS) is 10.3. The van der Waals surface area contributed by atoms with Gasteiger partial charge < -0.3 is 14.4 Å². The summed E-state index contributed by atoms with van der Waals surface area (Å²) in [6.07, 6.45) is 0. The summed E-state index contributed by atoms with van der Waals surface area (Å²) >= 11 is 4.29. The second kappa shape index (κ2) is 4.68. The fraction of sp³-hybridized carbons (Fsp3) is 0. The Morgan fingerprint density at radius 3 is 1.43 bits per heavy atom. The molecule has 0 heterocycles. The van der Waals surface area contributed by atoms with Crippen molar-refractivity contribution in [3.63, 3.8) is 0 Å². The average Bonchev–Trinajstić information content (AvgIpc) is 1.35. The Labute approximate surface area is 83.6 Å². The third-order valence-corrected chi connectivity index (χ3v) is 0.932. The van der Waals surface area contributed by atoms with Crippen molar-refractivity contribution in [2.24, 2.45) is 0 Å². The van der Waals surface area contributed by atoms with E-state index in [1.807, 2.05) is 0 Å². The summed E-state index contributed by atoms with van der Waals surface area (Å²) < 4.78 is 3.22. The molecule has 3 N–H and O–H groups in total. The van der Waals surface area contributed by atoms with Gasteiger partial charge in [-0.2, -0.15) is 0 Å². The SMILES string of the molecule is O[Si](O)(O)OCl.[SrH2]. The van der Waals surface area contributed by atoms with E-state index < -0.39 is 9.05 Å². The quantitative estimate of drug-likeness (QED) is 0.433. The molecule has 0 radical (unpaired) electrons. The van der Waals surface area contributed by atoms with Crippen molar-refractivity contribution < 1.29 is 18.4 Å². The number of hydrogen-bond acceptors (Lipinski definition) is 4. The third kappa shape index (κ3) is 11.4. The van der Waals surface area contributed by atoms with E-state index in [9.17, 15) is 0 Å². The van der Waals surface area contributed by atoms with E-state index in [0.29, 0.717) is 0 Å². The fourth-order valence-electron chi connectivity index (χ4n) is 0. The van der Waals surface area contributed by atoms with Gasteiger partial charge in [0.15, 0.2) is 0 Å². The van der Waals surface area contributed by atoms with Crippen molar-refractivity contribution in [1.29, 1.82) is 0 Å². The Bertz CT molecular complexity index is 41.4. The zero-order chi connectivity index (χ0) is 5.21. The second-order valence-corrected chi connectivity index (χ2v) is 2.42. The van der Waals surface area contributed by atoms with Gasteiger partial charge in [-0.1, -0.05) is 0 Å². The van der Waals surface area contributed by atoms with Crippen LogP contribution in [0.25, 0.3) is 0 Å². The summed E-state index contributed by atoms with van der Waals surface area (Å²) in [5.41, 5.74) is 0. The van der Waals surface area contributed by atoms with Crippen LogP contribution in [0.3, 0.4) is 0 Å². The van der Waals surface area contributed by atoms with E-state index >= 15 is 0 Å². The molecule has 0 aliphatic heterocycles. The van der Waals surface area contributed by atoms with Crippen molar-refractivity contribution in [2.45, 2.75) is 0 Å². The molecule has 4 nitrogen and oxygen atoms in total. The molecular formula is H5ClO4SiSr. The summed E-state index contributed by atoms with van der Waals surface area (Å²) in [6.45, 7) is 0. The van der Waals surface area contributed by atoms with E-state index in [1.54, 1.807) is 0 Å². The van der Waals surface area contributed by atoms with Crippen molar-refractivity contribution in [2.75, 3.05) is 0 Å². The van der Waals surface area contributed by atoms with Crippen molar-refractivity contribution in [3.8, 4) is 0 Å². The molecule has 0 fully saturated rings. The van der Waals surface area contributed by atoms with Gasteiger partial charge in [0.2, 0.25) is 0 Å². The Morgan fingerprint density at radius 2 is 1.43 bits per heavy atom. The predicted molar refractivity (Wildman–Crippen MR) is 27.9 cm³/mol. The standard InChI is InChI=1S/ClH3O4Si.Sr.2H/c1-5-6(2,3)4;;;/h2-4H;;;. The van der Waals surface area contributed by atoms with Crippen LogP contribution in [0.5, 0.6) is 0 Å². The molecule has 0 spiro atoms. The van der Waals surface area contributed by atoms with Gasteiger partial charge in [0.1, 0.15) is 0 Å². The van der Waals surface area contributed by atoms with E-state index in [0.717, 1.165) is 0 Å². The molecule has 42 valence electrons. The number of hydrogen-bond donors (Lipinski definition) is 3. The van der Waals surface area contributed by atoms with Gasteiger partial charge in [0.05, 0.1) is 11.9 Å². The molecule has 0 aromatic heterocycles. The second-order valence-electron chi connectivity index (χ2n) is 0.651. The molecule has 0 saturated heterocycles. The Morgan fingerprint density at radius 1 is 1.29 bits per heavy atom. The van der Waals surface area contributed by atoms with E-state index in [4.69, 9.17) is 14.4 Å². The van der Waals surface area contributed by atoms with Gasteiger partial charge in [-0.3, -0.25) is 0 Å². The minimum absolute atomic E-state index is 0. The number of rotatable bonds is 1. The van der Waals surface area contributed by atoms with Gasteiger partial charge in [-0.15, -0.1) is 0 Å². The summed E-state index contributed by atoms with van der Waals surface area (Å²) in [4.78, 5) is 23.2. The molecule has 0 bridgehead atoms. The molecule has 0 aliphatic rings. The fourth-order valence-corrected chi connectivity index (χ4v) is 0. The first-order valence-corrected chi connectivity index (χ1v) is 3.09. The molecule has 0 aromatic carbocycles. The van der Waals surface area contributed by atoms with Crippen LogP contribution < -0.4 is 0 Å². The predicted octanol–water partition coefficient (Wildman–Crippen LogP) is -2.35. The molecule has 0 unspecified atom stereocenters. The van der Waals surface area contributed by atoms with Crippen molar-refractivity contribution >= 4 is 66.4 Å². The topological polar surface area (TPSA) is 69.9 Å². The molecule has 0 aliphatic carbocycles. The minimum atomic E-state index is -4.37. The molecule has 0 aromatic rings. The van der Waals surface area contributed by atoms with Gasteiger partial charge in [0.25, 0.3) is 0 Å². The summed E-state index contributed by atoms with van der Waals surface area (Å²) in [6, 6.07) is 0. The average molecular weight is 220 g/mol. The molecule has 7 heavy (non-hydrogen) atoms. The van der Waals surface area contributed by atoms with Gasteiger partial charge in [-0.05, 0) is 0 Å². The Hall–Kier alpha value is 1.83. The monoisotopic (exact) mass is 220 g/mol.